The third kappa shape index (κ3) is 18.7. The lowest BCUT2D eigenvalue weighted by atomic mass is 9.79. The monoisotopic (exact) mass is 1250 g/mol. The highest BCUT2D eigenvalue weighted by molar-refractivity contribution is 7.15. The SMILES string of the molecule is CC(C)(C)C.COc1cc(C(=O)NCC(C)(C)COCC(C)(C)CN2CCN(CCCNC(C)=O)CC2)ccc1NC(=O)C1NCC(c2ccc(Cl)cc2F)[C@H]1c1cccc(C)c1F.Cc1sc2c(c1C)C(c1ccc(Cl)cc1)=NCc1nnc(C)n1-2. The molecule has 0 spiro atoms. The van der Waals surface area contributed by atoms with Crippen LogP contribution in [0, 0.1) is 55.6 Å². The van der Waals surface area contributed by atoms with Crippen LogP contribution in [0.25, 0.3) is 5.00 Å². The van der Waals surface area contributed by atoms with Crippen LogP contribution >= 0.6 is 34.5 Å². The zero-order valence-corrected chi connectivity index (χ0v) is 55.4. The fraction of sp³-hybridized carbons (Fsp3) is 0.493. The zero-order chi connectivity index (χ0) is 63.5. The van der Waals surface area contributed by atoms with Crippen molar-refractivity contribution in [1.29, 1.82) is 0 Å². The molecule has 3 aliphatic rings. The summed E-state index contributed by atoms with van der Waals surface area (Å²) in [5.41, 5.74) is 6.37. The number of carbonyl (C=O) groups is 3. The molecule has 3 aliphatic heterocycles. The first kappa shape index (κ1) is 68.4. The summed E-state index contributed by atoms with van der Waals surface area (Å²) >= 11 is 13.8. The van der Waals surface area contributed by atoms with Gasteiger partial charge in [-0.3, -0.25) is 23.9 Å². The number of amides is 3. The number of halogens is 4. The lowest BCUT2D eigenvalue weighted by Gasteiger charge is -2.39. The molecule has 20 heteroatoms. The summed E-state index contributed by atoms with van der Waals surface area (Å²) in [6.07, 6.45) is 0.952. The molecule has 3 amide bonds. The van der Waals surface area contributed by atoms with Crippen molar-refractivity contribution in [2.45, 2.75) is 121 Å². The second kappa shape index (κ2) is 29.9. The zero-order valence-electron chi connectivity index (χ0n) is 53.1. The number of hydrogen-bond donors (Lipinski definition) is 4. The van der Waals surface area contributed by atoms with E-state index >= 15 is 8.78 Å². The molecule has 4 N–H and O–H groups in total. The summed E-state index contributed by atoms with van der Waals surface area (Å²) in [6, 6.07) is 21.1. The number of hydrogen-bond acceptors (Lipinski definition) is 12. The van der Waals surface area contributed by atoms with Gasteiger partial charge < -0.3 is 40.5 Å². The number of anilines is 1. The average molecular weight is 1250 g/mol. The molecule has 5 heterocycles. The minimum Gasteiger partial charge on any atom is -0.495 e. The summed E-state index contributed by atoms with van der Waals surface area (Å²) in [5, 5.41) is 22.6. The fourth-order valence-corrected chi connectivity index (χ4v) is 12.4. The van der Waals surface area contributed by atoms with Crippen molar-refractivity contribution in [2.75, 3.05) is 84.5 Å². The minimum atomic E-state index is -0.913. The summed E-state index contributed by atoms with van der Waals surface area (Å²) in [6.45, 7) is 35.6. The van der Waals surface area contributed by atoms with Gasteiger partial charge in [0.05, 0.1) is 37.8 Å². The highest BCUT2D eigenvalue weighted by atomic mass is 35.5. The Morgan fingerprint density at radius 2 is 1.47 bits per heavy atom. The molecule has 0 saturated carbocycles. The van der Waals surface area contributed by atoms with Gasteiger partial charge >= 0.3 is 0 Å². The van der Waals surface area contributed by atoms with Crippen molar-refractivity contribution in [3.8, 4) is 10.8 Å². The number of aromatic nitrogens is 3. The lowest BCUT2D eigenvalue weighted by Crippen LogP contribution is -2.50. The van der Waals surface area contributed by atoms with Crippen LogP contribution in [0.5, 0.6) is 5.75 Å². The van der Waals surface area contributed by atoms with Crippen LogP contribution < -0.4 is 26.0 Å². The first-order valence-electron chi connectivity index (χ1n) is 29.8. The number of fused-ring (bicyclic) bond motifs is 3. The second-order valence-electron chi connectivity index (χ2n) is 26.2. The maximum atomic E-state index is 15.6. The molecule has 87 heavy (non-hydrogen) atoms. The van der Waals surface area contributed by atoms with Crippen LogP contribution in [0.2, 0.25) is 10.0 Å². The van der Waals surface area contributed by atoms with Crippen molar-refractivity contribution in [1.82, 2.24) is 40.5 Å². The number of aliphatic imine (C=N–C) groups is 1. The standard InChI is InChI=1S/C45H61ClF2N6O5.C17H15ClN4S.C5H12/c1-29-10-8-11-34(40(29)48)39-35(33-14-13-32(46)23-36(33)47)24-50-41(39)43(57)52-37-15-12-31(22-38(37)58-7)42(56)51-25-44(3,4)27-59-28-45(5,6)26-54-20-18-53(19-21-54)17-9-16-49-30(2)55;1-9-10(2)23-17-15(9)16(12-4-6-13(18)7-5-12)19-8-14-21-20-11(3)22(14)17;1-5(2,3)4/h8,10-15,22-23,35,39,41,50H,9,16-21,24-28H2,1-7H3,(H,49,55)(H,51,56)(H,52,57);4-7H,8H2,1-3H3;1-4H3/t35?,39-,41?;;/m1../s1. The number of carbonyl (C=O) groups excluding carboxylic acids is 3. The van der Waals surface area contributed by atoms with Crippen LogP contribution in [-0.4, -0.2) is 133 Å². The van der Waals surface area contributed by atoms with E-state index in [1.165, 1.54) is 29.2 Å². The Bertz CT molecular complexity index is 3380. The second-order valence-corrected chi connectivity index (χ2v) is 28.2. The van der Waals surface area contributed by atoms with Gasteiger partial charge in [0.25, 0.3) is 5.91 Å². The molecule has 0 radical (unpaired) electrons. The van der Waals surface area contributed by atoms with Crippen LogP contribution in [0.15, 0.2) is 83.9 Å². The molecule has 9 rings (SSSR count). The fourth-order valence-electron chi connectivity index (χ4n) is 10.9. The van der Waals surface area contributed by atoms with E-state index in [4.69, 9.17) is 37.7 Å². The largest absolute Gasteiger partial charge is 0.495 e. The van der Waals surface area contributed by atoms with E-state index in [1.54, 1.807) is 73.7 Å². The smallest absolute Gasteiger partial charge is 0.251 e. The topological polar surface area (TPSA) is 167 Å². The summed E-state index contributed by atoms with van der Waals surface area (Å²) in [5.74, 6) is -0.950. The summed E-state index contributed by atoms with van der Waals surface area (Å²) < 4.78 is 44.8. The van der Waals surface area contributed by atoms with E-state index < -0.39 is 35.4 Å². The molecule has 0 aliphatic carbocycles. The van der Waals surface area contributed by atoms with E-state index in [0.717, 1.165) is 78.6 Å². The van der Waals surface area contributed by atoms with Gasteiger partial charge in [0, 0.05) is 114 Å². The van der Waals surface area contributed by atoms with Gasteiger partial charge in [0.2, 0.25) is 11.8 Å². The molecular formula is C67H88Cl2F2N10O5S. The third-order valence-corrected chi connectivity index (χ3v) is 17.0. The number of rotatable bonds is 19. The predicted octanol–water partition coefficient (Wildman–Crippen LogP) is 12.7. The minimum absolute atomic E-state index is 0.0137. The van der Waals surface area contributed by atoms with E-state index in [2.05, 4.69) is 101 Å². The Balaban J connectivity index is 0.000000314. The summed E-state index contributed by atoms with van der Waals surface area (Å²) in [4.78, 5) is 49.5. The highest BCUT2D eigenvalue weighted by Gasteiger charge is 2.44. The quantitative estimate of drug-likeness (QED) is 0.0573. The van der Waals surface area contributed by atoms with Gasteiger partial charge in [-0.2, -0.15) is 0 Å². The number of nitrogens with zero attached hydrogens (tertiary/aromatic N) is 6. The van der Waals surface area contributed by atoms with Crippen LogP contribution in [-0.2, 0) is 20.9 Å². The highest BCUT2D eigenvalue weighted by Crippen LogP contribution is 2.43. The van der Waals surface area contributed by atoms with Gasteiger partial charge in [-0.05, 0) is 111 Å². The van der Waals surface area contributed by atoms with Gasteiger partial charge in [0.15, 0.2) is 5.82 Å². The van der Waals surface area contributed by atoms with Gasteiger partial charge in [-0.25, -0.2) is 8.78 Å². The van der Waals surface area contributed by atoms with Crippen molar-refractivity contribution in [2.24, 2.45) is 21.2 Å². The molecule has 2 aromatic heterocycles. The van der Waals surface area contributed by atoms with Gasteiger partial charge in [-0.1, -0.05) is 115 Å². The van der Waals surface area contributed by atoms with Crippen molar-refractivity contribution in [3.05, 3.63) is 156 Å². The van der Waals surface area contributed by atoms with Crippen molar-refractivity contribution in [3.63, 3.8) is 0 Å². The van der Waals surface area contributed by atoms with E-state index in [1.807, 2.05) is 45.0 Å². The molecule has 2 fully saturated rings. The molecule has 6 aromatic rings. The Morgan fingerprint density at radius 3 is 2.14 bits per heavy atom. The molecular weight excluding hydrogens is 1170 g/mol. The molecule has 4 aromatic carbocycles. The number of methoxy groups -OCH3 is 1. The maximum absolute atomic E-state index is 15.6. The number of ether oxygens (including phenoxy) is 2. The third-order valence-electron chi connectivity index (χ3n) is 15.3. The van der Waals surface area contributed by atoms with E-state index in [0.29, 0.717) is 66.2 Å². The number of piperazine rings is 1. The Morgan fingerprint density at radius 1 is 0.805 bits per heavy atom. The van der Waals surface area contributed by atoms with Crippen molar-refractivity contribution < 1.29 is 32.6 Å². The number of thiophene rings is 1. The Hall–Kier alpha value is -6.12. The number of aryl methyl sites for hydroxylation is 3. The van der Waals surface area contributed by atoms with Crippen LogP contribution in [0.3, 0.4) is 0 Å². The molecule has 15 nitrogen and oxygen atoms in total. The van der Waals surface area contributed by atoms with Crippen LogP contribution in [0.4, 0.5) is 14.5 Å². The number of benzene rings is 4. The molecule has 470 valence electrons. The Kier molecular flexibility index (Phi) is 23.5. The number of nitrogens with one attached hydrogen (secondary N) is 4. The summed E-state index contributed by atoms with van der Waals surface area (Å²) in [7, 11) is 1.45. The predicted molar refractivity (Wildman–Crippen MR) is 348 cm³/mol. The van der Waals surface area contributed by atoms with Gasteiger partial charge in [0.1, 0.15) is 34.8 Å². The molecule has 2 saturated heterocycles. The first-order valence-corrected chi connectivity index (χ1v) is 31.4. The maximum Gasteiger partial charge on any atom is 0.251 e. The van der Waals surface area contributed by atoms with Crippen LogP contribution in [0.1, 0.15) is 141 Å². The van der Waals surface area contributed by atoms with Gasteiger partial charge in [-0.15, -0.1) is 21.5 Å². The Labute approximate surface area is 527 Å². The van der Waals surface area contributed by atoms with E-state index in [9.17, 15) is 14.4 Å². The molecule has 3 atom stereocenters. The molecule has 0 bridgehead atoms. The average Bonchev–Trinajstić information content (AvgIpc) is 1.68. The lowest BCUT2D eigenvalue weighted by molar-refractivity contribution is -0.119. The normalized spacial score (nSPS) is 17.1. The first-order chi connectivity index (χ1) is 41.0. The van der Waals surface area contributed by atoms with Crippen molar-refractivity contribution >= 4 is 63.7 Å². The van der Waals surface area contributed by atoms with E-state index in [-0.39, 0.29) is 40.0 Å². The molecule has 2 unspecified atom stereocenters.